The second-order valence-electron chi connectivity index (χ2n) is 7.01. The lowest BCUT2D eigenvalue weighted by Gasteiger charge is -2.30. The van der Waals surface area contributed by atoms with Gasteiger partial charge in [0.15, 0.2) is 0 Å². The first kappa shape index (κ1) is 17.7. The van der Waals surface area contributed by atoms with Gasteiger partial charge < -0.3 is 4.74 Å². The molecule has 0 N–H and O–H groups in total. The molecule has 1 aromatic rings. The third kappa shape index (κ3) is 4.09. The van der Waals surface area contributed by atoms with E-state index in [-0.39, 0.29) is 16.8 Å². The van der Waals surface area contributed by atoms with Gasteiger partial charge in [0.2, 0.25) is 0 Å². The Labute approximate surface area is 129 Å². The second-order valence-corrected chi connectivity index (χ2v) is 7.01. The van der Waals surface area contributed by atoms with Crippen molar-refractivity contribution in [2.45, 2.75) is 78.6 Å². The van der Waals surface area contributed by atoms with Crippen LogP contribution in [0.4, 0.5) is 0 Å². The van der Waals surface area contributed by atoms with Crippen molar-refractivity contribution in [2.75, 3.05) is 0 Å². The molecule has 21 heavy (non-hydrogen) atoms. The van der Waals surface area contributed by atoms with Gasteiger partial charge in [0, 0.05) is 12.0 Å². The number of hydrogen-bond acceptors (Lipinski definition) is 2. The van der Waals surface area contributed by atoms with Crippen LogP contribution in [0.15, 0.2) is 18.2 Å². The lowest BCUT2D eigenvalue weighted by Crippen LogP contribution is -2.22. The Morgan fingerprint density at radius 2 is 1.57 bits per heavy atom. The summed E-state index contributed by atoms with van der Waals surface area (Å²) in [6, 6.07) is 6.29. The first-order valence-corrected chi connectivity index (χ1v) is 8.03. The van der Waals surface area contributed by atoms with E-state index in [0.29, 0.717) is 12.2 Å². The molecular weight excluding hydrogens is 260 g/mol. The number of esters is 1. The number of hydrogen-bond donors (Lipinski definition) is 0. The lowest BCUT2D eigenvalue weighted by atomic mass is 9.76. The summed E-state index contributed by atoms with van der Waals surface area (Å²) in [4.78, 5) is 11.7. The molecule has 0 amide bonds. The Bertz CT molecular complexity index is 498. The number of rotatable bonds is 6. The third-order valence-corrected chi connectivity index (χ3v) is 4.77. The smallest absolute Gasteiger partial charge is 0.310 e. The van der Waals surface area contributed by atoms with Gasteiger partial charge in [-0.15, -0.1) is 0 Å². The Hall–Kier alpha value is -1.31. The predicted molar refractivity (Wildman–Crippen MR) is 89.0 cm³/mol. The van der Waals surface area contributed by atoms with Gasteiger partial charge in [-0.2, -0.15) is 0 Å². The van der Waals surface area contributed by atoms with Crippen LogP contribution in [-0.4, -0.2) is 5.97 Å². The maximum atomic E-state index is 11.7. The van der Waals surface area contributed by atoms with Gasteiger partial charge in [0.05, 0.1) is 0 Å². The van der Waals surface area contributed by atoms with Crippen molar-refractivity contribution in [3.8, 4) is 5.75 Å². The fraction of sp³-hybridized carbons (Fsp3) is 0.632. The van der Waals surface area contributed by atoms with E-state index in [4.69, 9.17) is 4.74 Å². The molecular formula is C19H30O2. The van der Waals surface area contributed by atoms with Crippen molar-refractivity contribution in [3.63, 3.8) is 0 Å². The van der Waals surface area contributed by atoms with Gasteiger partial charge in [0.1, 0.15) is 5.75 Å². The van der Waals surface area contributed by atoms with E-state index in [2.05, 4.69) is 53.7 Å². The summed E-state index contributed by atoms with van der Waals surface area (Å²) in [6.07, 6.45) is 2.47. The zero-order valence-corrected chi connectivity index (χ0v) is 14.7. The van der Waals surface area contributed by atoms with E-state index < -0.39 is 0 Å². The highest BCUT2D eigenvalue weighted by molar-refractivity contribution is 5.72. The molecule has 2 nitrogen and oxygen atoms in total. The van der Waals surface area contributed by atoms with Gasteiger partial charge in [-0.3, -0.25) is 4.79 Å². The Morgan fingerprint density at radius 3 is 2.05 bits per heavy atom. The Kier molecular flexibility index (Phi) is 5.61. The van der Waals surface area contributed by atoms with Crippen molar-refractivity contribution in [1.82, 2.24) is 0 Å². The van der Waals surface area contributed by atoms with Crippen LogP contribution >= 0.6 is 0 Å². The van der Waals surface area contributed by atoms with Crippen LogP contribution in [0, 0.1) is 0 Å². The molecule has 0 bridgehead atoms. The summed E-state index contributed by atoms with van der Waals surface area (Å²) in [7, 11) is 0. The first-order chi connectivity index (χ1) is 9.67. The summed E-state index contributed by atoms with van der Waals surface area (Å²) >= 11 is 0. The van der Waals surface area contributed by atoms with Gasteiger partial charge in [-0.05, 0) is 35.3 Å². The lowest BCUT2D eigenvalue weighted by molar-refractivity contribution is -0.134. The van der Waals surface area contributed by atoms with Crippen molar-refractivity contribution in [2.24, 2.45) is 0 Å². The molecule has 0 aliphatic rings. The van der Waals surface area contributed by atoms with Crippen LogP contribution < -0.4 is 4.74 Å². The zero-order chi connectivity index (χ0) is 16.3. The van der Waals surface area contributed by atoms with E-state index >= 15 is 0 Å². The average molecular weight is 290 g/mol. The largest absolute Gasteiger partial charge is 0.426 e. The summed E-state index contributed by atoms with van der Waals surface area (Å²) in [5.41, 5.74) is 2.55. The number of benzene rings is 1. The highest BCUT2D eigenvalue weighted by Crippen LogP contribution is 2.38. The molecule has 0 saturated carbocycles. The summed E-state index contributed by atoms with van der Waals surface area (Å²) in [6.45, 7) is 15.1. The Morgan fingerprint density at radius 1 is 1.00 bits per heavy atom. The maximum Gasteiger partial charge on any atom is 0.310 e. The molecule has 0 aromatic heterocycles. The maximum absolute atomic E-state index is 11.7. The van der Waals surface area contributed by atoms with Crippen LogP contribution in [0.3, 0.4) is 0 Å². The van der Waals surface area contributed by atoms with Crippen LogP contribution in [0.1, 0.15) is 78.9 Å². The topological polar surface area (TPSA) is 26.3 Å². The first-order valence-electron chi connectivity index (χ1n) is 8.03. The van der Waals surface area contributed by atoms with E-state index in [9.17, 15) is 4.79 Å². The molecule has 2 heteroatoms. The minimum atomic E-state index is -0.175. The minimum absolute atomic E-state index is 0.0107. The molecule has 0 heterocycles. The molecule has 0 fully saturated rings. The second kappa shape index (κ2) is 6.64. The van der Waals surface area contributed by atoms with Crippen LogP contribution in [0.2, 0.25) is 0 Å². The van der Waals surface area contributed by atoms with Gasteiger partial charge >= 0.3 is 5.97 Å². The molecule has 1 rings (SSSR count). The molecule has 0 unspecified atom stereocenters. The number of carbonyl (C=O) groups excluding carboxylic acids is 1. The molecule has 0 aliphatic carbocycles. The van der Waals surface area contributed by atoms with Crippen molar-refractivity contribution >= 4 is 5.97 Å². The van der Waals surface area contributed by atoms with Crippen LogP contribution in [0.5, 0.6) is 5.75 Å². The fourth-order valence-electron chi connectivity index (χ4n) is 2.16. The monoisotopic (exact) mass is 290 g/mol. The van der Waals surface area contributed by atoms with Gasteiger partial charge in [-0.25, -0.2) is 0 Å². The van der Waals surface area contributed by atoms with Gasteiger partial charge in [0.25, 0.3) is 0 Å². The highest BCUT2D eigenvalue weighted by atomic mass is 16.5. The summed E-state index contributed by atoms with van der Waals surface area (Å²) in [5.74, 6) is 0.537. The number of carbonyl (C=O) groups is 1. The molecule has 0 saturated heterocycles. The average Bonchev–Trinajstić information content (AvgIpc) is 2.47. The van der Waals surface area contributed by atoms with Crippen molar-refractivity contribution in [1.29, 1.82) is 0 Å². The summed E-state index contributed by atoms with van der Waals surface area (Å²) in [5, 5.41) is 0. The molecule has 0 aliphatic heterocycles. The van der Waals surface area contributed by atoms with Crippen molar-refractivity contribution in [3.05, 3.63) is 29.3 Å². The molecule has 0 radical (unpaired) electrons. The molecule has 0 atom stereocenters. The van der Waals surface area contributed by atoms with Crippen LogP contribution in [-0.2, 0) is 15.6 Å². The van der Waals surface area contributed by atoms with Gasteiger partial charge in [-0.1, -0.05) is 60.6 Å². The fourth-order valence-corrected chi connectivity index (χ4v) is 2.16. The van der Waals surface area contributed by atoms with E-state index in [1.54, 1.807) is 0 Å². The normalized spacial score (nSPS) is 12.3. The number of ether oxygens (including phenoxy) is 1. The highest BCUT2D eigenvalue weighted by Gasteiger charge is 2.27. The third-order valence-electron chi connectivity index (χ3n) is 4.77. The van der Waals surface area contributed by atoms with E-state index in [1.807, 2.05) is 13.0 Å². The zero-order valence-electron chi connectivity index (χ0n) is 14.7. The predicted octanol–water partition coefficient (Wildman–Crippen LogP) is 5.38. The molecule has 1 aromatic carbocycles. The summed E-state index contributed by atoms with van der Waals surface area (Å²) < 4.78 is 5.55. The standard InChI is InChI=1S/C19H30O2/c1-8-17(20)21-16-12-11-14(18(4,5)9-2)13-15(16)19(6,7)10-3/h11-13H,8-10H2,1-7H3. The SMILES string of the molecule is CCC(=O)Oc1ccc(C(C)(C)CC)cc1C(C)(C)CC. The molecule has 118 valence electrons. The van der Waals surface area contributed by atoms with Crippen molar-refractivity contribution < 1.29 is 9.53 Å². The van der Waals surface area contributed by atoms with E-state index in [0.717, 1.165) is 18.4 Å². The minimum Gasteiger partial charge on any atom is -0.426 e. The Balaban J connectivity index is 3.37. The van der Waals surface area contributed by atoms with E-state index in [1.165, 1.54) is 5.56 Å². The van der Waals surface area contributed by atoms with Crippen LogP contribution in [0.25, 0.3) is 0 Å². The molecule has 0 spiro atoms. The quantitative estimate of drug-likeness (QED) is 0.519.